The van der Waals surface area contributed by atoms with Gasteiger partial charge in [0, 0.05) is 18.8 Å². The van der Waals surface area contributed by atoms with Gasteiger partial charge >= 0.3 is 5.97 Å². The summed E-state index contributed by atoms with van der Waals surface area (Å²) < 4.78 is 6.90. The van der Waals surface area contributed by atoms with Crippen molar-refractivity contribution in [3.05, 3.63) is 23.0 Å². The Kier molecular flexibility index (Phi) is 4.93. The van der Waals surface area contributed by atoms with Crippen LogP contribution in [0.3, 0.4) is 0 Å². The summed E-state index contributed by atoms with van der Waals surface area (Å²) in [4.78, 5) is 26.3. The lowest BCUT2D eigenvalue weighted by Crippen LogP contribution is -2.42. The van der Waals surface area contributed by atoms with E-state index in [2.05, 4.69) is 0 Å². The number of esters is 1. The molecule has 1 saturated heterocycles. The average Bonchev–Trinajstić information content (AvgIpc) is 3.04. The van der Waals surface area contributed by atoms with Crippen molar-refractivity contribution in [3.63, 3.8) is 0 Å². The van der Waals surface area contributed by atoms with Crippen LogP contribution in [-0.2, 0) is 9.53 Å². The van der Waals surface area contributed by atoms with E-state index in [9.17, 15) is 9.59 Å². The van der Waals surface area contributed by atoms with Crippen LogP contribution in [0.2, 0.25) is 5.02 Å². The second kappa shape index (κ2) is 6.52. The van der Waals surface area contributed by atoms with E-state index < -0.39 is 6.04 Å². The maximum atomic E-state index is 12.7. The Morgan fingerprint density at radius 2 is 2.19 bits per heavy atom. The van der Waals surface area contributed by atoms with Crippen molar-refractivity contribution >= 4 is 23.5 Å². The lowest BCUT2D eigenvalue weighted by Gasteiger charge is -2.24. The van der Waals surface area contributed by atoms with E-state index in [1.165, 1.54) is 0 Å². The highest BCUT2D eigenvalue weighted by atomic mass is 35.5. The van der Waals surface area contributed by atoms with Gasteiger partial charge in [-0.2, -0.15) is 0 Å². The molecular formula is C15H21ClN2O3. The van der Waals surface area contributed by atoms with Gasteiger partial charge in [-0.25, -0.2) is 4.79 Å². The zero-order chi connectivity index (χ0) is 15.6. The van der Waals surface area contributed by atoms with E-state index in [0.29, 0.717) is 30.3 Å². The standard InChI is InChI=1S/C15H21ClN2O3/c1-4-21-15(20)12-6-5-7-17(12)14(19)13-8-11(16)9-18(13)10(2)3/h8-10,12H,4-7H2,1-3H3. The van der Waals surface area contributed by atoms with E-state index in [0.717, 1.165) is 6.42 Å². The smallest absolute Gasteiger partial charge is 0.328 e. The maximum Gasteiger partial charge on any atom is 0.328 e. The van der Waals surface area contributed by atoms with E-state index in [-0.39, 0.29) is 17.9 Å². The Morgan fingerprint density at radius 3 is 2.81 bits per heavy atom. The number of aromatic nitrogens is 1. The monoisotopic (exact) mass is 312 g/mol. The number of carbonyl (C=O) groups is 2. The fourth-order valence-corrected chi connectivity index (χ4v) is 2.89. The minimum absolute atomic E-state index is 0.125. The summed E-state index contributed by atoms with van der Waals surface area (Å²) in [5, 5.41) is 0.527. The first-order valence-corrected chi connectivity index (χ1v) is 7.68. The summed E-state index contributed by atoms with van der Waals surface area (Å²) in [6, 6.07) is 1.30. The third kappa shape index (κ3) is 3.23. The largest absolute Gasteiger partial charge is 0.464 e. The molecule has 1 aromatic heterocycles. The molecule has 0 spiro atoms. The summed E-state index contributed by atoms with van der Waals surface area (Å²) >= 11 is 6.03. The van der Waals surface area contributed by atoms with Crippen LogP contribution in [0.1, 0.15) is 50.1 Å². The quantitative estimate of drug-likeness (QED) is 0.803. The summed E-state index contributed by atoms with van der Waals surface area (Å²) in [6.45, 7) is 6.64. The maximum absolute atomic E-state index is 12.7. The molecule has 6 heteroatoms. The molecule has 116 valence electrons. The van der Waals surface area contributed by atoms with Crippen molar-refractivity contribution in [3.8, 4) is 0 Å². The zero-order valence-corrected chi connectivity index (χ0v) is 13.4. The van der Waals surface area contributed by atoms with E-state index in [1.807, 2.05) is 18.4 Å². The molecule has 2 heterocycles. The highest BCUT2D eigenvalue weighted by Gasteiger charge is 2.36. The predicted molar refractivity (Wildman–Crippen MR) is 80.5 cm³/mol. The molecule has 0 bridgehead atoms. The number of likely N-dealkylation sites (tertiary alicyclic amines) is 1. The molecule has 1 amide bonds. The molecule has 1 atom stereocenters. The second-order valence-electron chi connectivity index (χ2n) is 5.45. The first kappa shape index (κ1) is 15.9. The molecule has 0 aliphatic carbocycles. The van der Waals surface area contributed by atoms with Gasteiger partial charge in [0.25, 0.3) is 5.91 Å². The third-order valence-electron chi connectivity index (χ3n) is 3.66. The molecule has 2 rings (SSSR count). The van der Waals surface area contributed by atoms with Gasteiger partial charge in [-0.15, -0.1) is 0 Å². The van der Waals surface area contributed by atoms with Crippen molar-refractivity contribution in [2.75, 3.05) is 13.2 Å². The van der Waals surface area contributed by atoms with Crippen LogP contribution in [0.15, 0.2) is 12.3 Å². The molecule has 1 unspecified atom stereocenters. The number of ether oxygens (including phenoxy) is 1. The van der Waals surface area contributed by atoms with E-state index in [4.69, 9.17) is 16.3 Å². The predicted octanol–water partition coefficient (Wildman–Crippen LogP) is 2.89. The Labute approximate surface area is 129 Å². The summed E-state index contributed by atoms with van der Waals surface area (Å²) in [5.41, 5.74) is 0.520. The van der Waals surface area contributed by atoms with Crippen molar-refractivity contribution in [2.24, 2.45) is 0 Å². The lowest BCUT2D eigenvalue weighted by molar-refractivity contribution is -0.147. The van der Waals surface area contributed by atoms with E-state index >= 15 is 0 Å². The number of hydrogen-bond donors (Lipinski definition) is 0. The van der Waals surface area contributed by atoms with Crippen molar-refractivity contribution < 1.29 is 14.3 Å². The summed E-state index contributed by atoms with van der Waals surface area (Å²) in [5.74, 6) is -0.483. The number of rotatable bonds is 4. The van der Waals surface area contributed by atoms with Gasteiger partial charge in [-0.05, 0) is 39.7 Å². The van der Waals surface area contributed by atoms with Gasteiger partial charge in [0.1, 0.15) is 11.7 Å². The molecule has 1 aliphatic heterocycles. The first-order chi connectivity index (χ1) is 9.95. The number of amides is 1. The van der Waals surface area contributed by atoms with Gasteiger partial charge < -0.3 is 14.2 Å². The van der Waals surface area contributed by atoms with Gasteiger partial charge in [0.2, 0.25) is 0 Å². The minimum atomic E-state index is -0.480. The molecule has 21 heavy (non-hydrogen) atoms. The molecule has 1 aromatic rings. The van der Waals surface area contributed by atoms with Crippen molar-refractivity contribution in [1.29, 1.82) is 0 Å². The normalized spacial score (nSPS) is 18.3. The van der Waals surface area contributed by atoms with Gasteiger partial charge in [0.15, 0.2) is 0 Å². The Morgan fingerprint density at radius 1 is 1.48 bits per heavy atom. The topological polar surface area (TPSA) is 51.5 Å². The molecule has 0 aromatic carbocycles. The highest BCUT2D eigenvalue weighted by Crippen LogP contribution is 2.25. The van der Waals surface area contributed by atoms with Gasteiger partial charge in [-0.3, -0.25) is 4.79 Å². The zero-order valence-electron chi connectivity index (χ0n) is 12.6. The van der Waals surface area contributed by atoms with Gasteiger partial charge in [-0.1, -0.05) is 11.6 Å². The molecular weight excluding hydrogens is 292 g/mol. The van der Waals surface area contributed by atoms with Crippen LogP contribution in [0.4, 0.5) is 0 Å². The molecule has 0 N–H and O–H groups in total. The molecule has 5 nitrogen and oxygen atoms in total. The van der Waals surface area contributed by atoms with Crippen LogP contribution in [0.25, 0.3) is 0 Å². The molecule has 1 fully saturated rings. The van der Waals surface area contributed by atoms with Crippen LogP contribution < -0.4 is 0 Å². The molecule has 1 aliphatic rings. The van der Waals surface area contributed by atoms with Crippen LogP contribution in [0.5, 0.6) is 0 Å². The van der Waals surface area contributed by atoms with Crippen LogP contribution in [-0.4, -0.2) is 40.5 Å². The third-order valence-corrected chi connectivity index (χ3v) is 3.87. The summed E-state index contributed by atoms with van der Waals surface area (Å²) in [6.07, 6.45) is 3.21. The summed E-state index contributed by atoms with van der Waals surface area (Å²) in [7, 11) is 0. The average molecular weight is 313 g/mol. The number of carbonyl (C=O) groups excluding carboxylic acids is 2. The second-order valence-corrected chi connectivity index (χ2v) is 5.89. The number of hydrogen-bond acceptors (Lipinski definition) is 3. The first-order valence-electron chi connectivity index (χ1n) is 7.30. The van der Waals surface area contributed by atoms with Crippen molar-refractivity contribution in [1.82, 2.24) is 9.47 Å². The lowest BCUT2D eigenvalue weighted by atomic mass is 10.2. The fraction of sp³-hybridized carbons (Fsp3) is 0.600. The van der Waals surface area contributed by atoms with Crippen molar-refractivity contribution in [2.45, 2.75) is 45.7 Å². The van der Waals surface area contributed by atoms with Gasteiger partial charge in [0.05, 0.1) is 11.6 Å². The Hall–Kier alpha value is -1.49. The minimum Gasteiger partial charge on any atom is -0.464 e. The molecule has 0 radical (unpaired) electrons. The Bertz CT molecular complexity index is 539. The molecule has 0 saturated carbocycles. The fourth-order valence-electron chi connectivity index (χ4n) is 2.68. The number of nitrogens with zero attached hydrogens (tertiary/aromatic N) is 2. The van der Waals surface area contributed by atoms with Crippen LogP contribution >= 0.6 is 11.6 Å². The SMILES string of the molecule is CCOC(=O)C1CCCN1C(=O)c1cc(Cl)cn1C(C)C. The number of halogens is 1. The van der Waals surface area contributed by atoms with E-state index in [1.54, 1.807) is 24.1 Å². The Balaban J connectivity index is 2.25. The van der Waals surface area contributed by atoms with Crippen LogP contribution in [0, 0.1) is 0 Å². The highest BCUT2D eigenvalue weighted by molar-refractivity contribution is 6.31.